The fourth-order valence-electron chi connectivity index (χ4n) is 4.72. The molecule has 0 N–H and O–H groups in total. The van der Waals surface area contributed by atoms with E-state index in [1.54, 1.807) is 7.11 Å². The Morgan fingerprint density at radius 3 is 2.33 bits per heavy atom. The molecule has 1 amide bonds. The summed E-state index contributed by atoms with van der Waals surface area (Å²) in [6.07, 6.45) is 2.79. The van der Waals surface area contributed by atoms with Crippen LogP contribution in [0, 0.1) is 0 Å². The number of piperazine rings is 1. The summed E-state index contributed by atoms with van der Waals surface area (Å²) in [6.45, 7) is 16.8. The van der Waals surface area contributed by atoms with Gasteiger partial charge in [0, 0.05) is 50.4 Å². The number of benzene rings is 2. The maximum absolute atomic E-state index is 12.6. The van der Waals surface area contributed by atoms with E-state index in [4.69, 9.17) is 4.74 Å². The predicted molar refractivity (Wildman–Crippen MR) is 138 cm³/mol. The van der Waals surface area contributed by atoms with Gasteiger partial charge in [-0.25, -0.2) is 0 Å². The van der Waals surface area contributed by atoms with Crippen molar-refractivity contribution in [2.75, 3.05) is 44.7 Å². The fourth-order valence-corrected chi connectivity index (χ4v) is 4.72. The van der Waals surface area contributed by atoms with E-state index >= 15 is 0 Å². The van der Waals surface area contributed by atoms with Gasteiger partial charge in [-0.2, -0.15) is 0 Å². The maximum atomic E-state index is 12.6. The Balaban J connectivity index is 1.74. The topological polar surface area (TPSA) is 36.0 Å². The summed E-state index contributed by atoms with van der Waals surface area (Å²) >= 11 is 0. The van der Waals surface area contributed by atoms with Gasteiger partial charge in [-0.05, 0) is 69.5 Å². The van der Waals surface area contributed by atoms with Crippen LogP contribution in [0.25, 0.3) is 0 Å². The van der Waals surface area contributed by atoms with E-state index in [0.29, 0.717) is 12.1 Å². The smallest absolute Gasteiger partial charge is 0.253 e. The highest BCUT2D eigenvalue weighted by atomic mass is 16.5. The molecule has 5 heteroatoms. The third-order valence-corrected chi connectivity index (χ3v) is 6.69. The summed E-state index contributed by atoms with van der Waals surface area (Å²) in [6, 6.07) is 15.4. The molecule has 33 heavy (non-hydrogen) atoms. The number of nitrogens with zero attached hydrogens (tertiary/aromatic N) is 3. The second-order valence-electron chi connectivity index (χ2n) is 8.95. The first-order valence-electron chi connectivity index (χ1n) is 12.1. The van der Waals surface area contributed by atoms with Crippen LogP contribution in [-0.4, -0.2) is 67.6 Å². The minimum Gasteiger partial charge on any atom is -0.495 e. The first kappa shape index (κ1) is 24.8. The lowest BCUT2D eigenvalue weighted by atomic mass is 10.0. The van der Waals surface area contributed by atoms with Gasteiger partial charge >= 0.3 is 0 Å². The Hall–Kier alpha value is -2.79. The summed E-state index contributed by atoms with van der Waals surface area (Å²) in [4.78, 5) is 19.3. The second kappa shape index (κ2) is 11.4. The number of hydrogen-bond acceptors (Lipinski definition) is 4. The Bertz CT molecular complexity index is 937. The summed E-state index contributed by atoms with van der Waals surface area (Å²) in [5.41, 5.74) is 4.28. The number of anilines is 1. The summed E-state index contributed by atoms with van der Waals surface area (Å²) in [7, 11) is 1.75. The Labute approximate surface area is 199 Å². The molecule has 0 saturated carbocycles. The molecule has 2 atom stereocenters. The average Bonchev–Trinajstić information content (AvgIpc) is 2.82. The largest absolute Gasteiger partial charge is 0.495 e. The molecule has 0 spiro atoms. The number of rotatable bonds is 9. The third-order valence-electron chi connectivity index (χ3n) is 6.69. The summed E-state index contributed by atoms with van der Waals surface area (Å²) in [5.74, 6) is 1.01. The molecule has 0 unspecified atom stereocenters. The molecule has 1 aliphatic rings. The van der Waals surface area contributed by atoms with Crippen molar-refractivity contribution in [1.82, 2.24) is 9.80 Å². The number of methoxy groups -OCH3 is 1. The van der Waals surface area contributed by atoms with Crippen LogP contribution in [0.15, 0.2) is 55.1 Å². The quantitative estimate of drug-likeness (QED) is 0.513. The minimum absolute atomic E-state index is 0.0918. The van der Waals surface area contributed by atoms with Gasteiger partial charge in [0.2, 0.25) is 0 Å². The lowest BCUT2D eigenvalue weighted by molar-refractivity contribution is 0.0773. The van der Waals surface area contributed by atoms with E-state index in [1.165, 1.54) is 11.1 Å². The van der Waals surface area contributed by atoms with Gasteiger partial charge in [-0.3, -0.25) is 9.69 Å². The maximum Gasteiger partial charge on any atom is 0.253 e. The van der Waals surface area contributed by atoms with Crippen molar-refractivity contribution in [1.29, 1.82) is 0 Å². The van der Waals surface area contributed by atoms with Gasteiger partial charge in [0.1, 0.15) is 5.75 Å². The monoisotopic (exact) mass is 449 g/mol. The molecule has 0 aromatic heterocycles. The van der Waals surface area contributed by atoms with Crippen LogP contribution in [0.2, 0.25) is 0 Å². The van der Waals surface area contributed by atoms with Gasteiger partial charge in [-0.15, -0.1) is 6.58 Å². The first-order valence-corrected chi connectivity index (χ1v) is 12.1. The summed E-state index contributed by atoms with van der Waals surface area (Å²) < 4.78 is 5.81. The first-order chi connectivity index (χ1) is 15.9. The Morgan fingerprint density at radius 1 is 1.06 bits per heavy atom. The van der Waals surface area contributed by atoms with Crippen molar-refractivity contribution in [2.45, 2.75) is 46.2 Å². The molecule has 5 nitrogen and oxygen atoms in total. The molecular weight excluding hydrogens is 410 g/mol. The van der Waals surface area contributed by atoms with Crippen LogP contribution in [0.4, 0.5) is 5.69 Å². The zero-order valence-corrected chi connectivity index (χ0v) is 20.9. The number of carbonyl (C=O) groups excluding carboxylic acids is 1. The lowest BCUT2D eigenvalue weighted by Crippen LogP contribution is -2.56. The van der Waals surface area contributed by atoms with E-state index in [0.717, 1.165) is 56.1 Å². The molecule has 0 radical (unpaired) electrons. The van der Waals surface area contributed by atoms with Gasteiger partial charge in [0.25, 0.3) is 5.91 Å². The average molecular weight is 450 g/mol. The van der Waals surface area contributed by atoms with E-state index in [-0.39, 0.29) is 5.91 Å². The lowest BCUT2D eigenvalue weighted by Gasteiger charge is -2.45. The summed E-state index contributed by atoms with van der Waals surface area (Å²) in [5, 5.41) is 0. The fraction of sp³-hybridized carbons (Fsp3) is 0.464. The predicted octanol–water partition coefficient (Wildman–Crippen LogP) is 4.85. The molecule has 0 aliphatic carbocycles. The molecule has 0 bridgehead atoms. The molecule has 2 aromatic carbocycles. The van der Waals surface area contributed by atoms with Crippen LogP contribution in [0.5, 0.6) is 5.75 Å². The number of hydrogen-bond donors (Lipinski definition) is 0. The van der Waals surface area contributed by atoms with Crippen molar-refractivity contribution in [3.05, 3.63) is 71.8 Å². The van der Waals surface area contributed by atoms with Crippen molar-refractivity contribution < 1.29 is 9.53 Å². The second-order valence-corrected chi connectivity index (χ2v) is 8.95. The standard InChI is InChI=1S/C28H39N3O2/c1-7-16-30-19-22(5)31(20-21(30)4)26-15-12-24(18-27(26)33-6)17-23-10-13-25(14-11-23)28(32)29(8-2)9-3/h7,10-15,18,21-22H,1,8-9,16-17,19-20H2,2-6H3/t21-,22+/m1/s1. The van der Waals surface area contributed by atoms with Crippen molar-refractivity contribution in [3.63, 3.8) is 0 Å². The minimum atomic E-state index is 0.0918. The highest BCUT2D eigenvalue weighted by molar-refractivity contribution is 5.94. The van der Waals surface area contributed by atoms with Crippen LogP contribution in [-0.2, 0) is 6.42 Å². The van der Waals surface area contributed by atoms with E-state index in [2.05, 4.69) is 60.6 Å². The number of ether oxygens (including phenoxy) is 1. The highest BCUT2D eigenvalue weighted by Gasteiger charge is 2.30. The highest BCUT2D eigenvalue weighted by Crippen LogP contribution is 2.33. The van der Waals surface area contributed by atoms with E-state index < -0.39 is 0 Å². The van der Waals surface area contributed by atoms with Crippen molar-refractivity contribution in [3.8, 4) is 5.75 Å². The molecule has 3 rings (SSSR count). The number of amides is 1. The van der Waals surface area contributed by atoms with Gasteiger partial charge in [0.05, 0.1) is 12.8 Å². The Morgan fingerprint density at radius 2 is 1.73 bits per heavy atom. The van der Waals surface area contributed by atoms with Crippen molar-refractivity contribution in [2.24, 2.45) is 0 Å². The van der Waals surface area contributed by atoms with E-state index in [9.17, 15) is 4.79 Å². The van der Waals surface area contributed by atoms with Gasteiger partial charge < -0.3 is 14.5 Å². The zero-order chi connectivity index (χ0) is 24.0. The molecule has 1 fully saturated rings. The SMILES string of the molecule is C=CCN1C[C@H](C)N(c2ccc(Cc3ccc(C(=O)N(CC)CC)cc3)cc2OC)C[C@H]1C. The Kier molecular flexibility index (Phi) is 8.56. The molecule has 1 saturated heterocycles. The zero-order valence-electron chi connectivity index (χ0n) is 20.9. The normalized spacial score (nSPS) is 18.8. The number of carbonyl (C=O) groups is 1. The molecule has 178 valence electrons. The third kappa shape index (κ3) is 5.77. The molecule has 1 heterocycles. The van der Waals surface area contributed by atoms with Crippen LogP contribution in [0.1, 0.15) is 49.2 Å². The van der Waals surface area contributed by atoms with Gasteiger partial charge in [0.15, 0.2) is 0 Å². The molecule has 2 aromatic rings. The van der Waals surface area contributed by atoms with Crippen molar-refractivity contribution >= 4 is 11.6 Å². The van der Waals surface area contributed by atoms with Crippen LogP contribution in [0.3, 0.4) is 0 Å². The molecule has 1 aliphatic heterocycles. The molecular formula is C28H39N3O2. The van der Waals surface area contributed by atoms with Crippen LogP contribution < -0.4 is 9.64 Å². The van der Waals surface area contributed by atoms with Gasteiger partial charge in [-0.1, -0.05) is 24.3 Å². The van der Waals surface area contributed by atoms with Crippen LogP contribution >= 0.6 is 0 Å². The van der Waals surface area contributed by atoms with E-state index in [1.807, 2.05) is 37.0 Å².